The number of pyridine rings is 1. The van der Waals surface area contributed by atoms with Gasteiger partial charge in [0.15, 0.2) is 5.65 Å². The van der Waals surface area contributed by atoms with Gasteiger partial charge in [-0.2, -0.15) is 4.98 Å². The highest BCUT2D eigenvalue weighted by atomic mass is 19.1. The molecule has 0 amide bonds. The molecule has 0 aliphatic heterocycles. The fourth-order valence-electron chi connectivity index (χ4n) is 3.53. The number of nitrogens with one attached hydrogen (secondary N) is 1. The first-order valence-corrected chi connectivity index (χ1v) is 10.1. The van der Waals surface area contributed by atoms with Crippen LogP contribution in [-0.2, 0) is 0 Å². The molecular formula is C24H21F3N4O2. The third kappa shape index (κ3) is 4.19. The molecule has 0 radical (unpaired) electrons. The number of aromatic nitrogens is 3. The fourth-order valence-corrected chi connectivity index (χ4v) is 3.53. The van der Waals surface area contributed by atoms with Crippen LogP contribution in [0, 0.1) is 24.4 Å². The van der Waals surface area contributed by atoms with Crippen molar-refractivity contribution >= 4 is 17.0 Å². The number of rotatable bonds is 5. The van der Waals surface area contributed by atoms with Gasteiger partial charge in [0.25, 0.3) is 5.56 Å². The highest BCUT2D eigenvalue weighted by Crippen LogP contribution is 2.31. The molecule has 0 atom stereocenters. The minimum absolute atomic E-state index is 0.0244. The summed E-state index contributed by atoms with van der Waals surface area (Å²) in [5, 5.41) is 13.0. The van der Waals surface area contributed by atoms with Crippen LogP contribution in [0.5, 0.6) is 0 Å². The molecule has 2 N–H and O–H groups in total. The highest BCUT2D eigenvalue weighted by molar-refractivity contribution is 5.93. The first kappa shape index (κ1) is 22.5. The number of anilines is 1. The van der Waals surface area contributed by atoms with E-state index in [2.05, 4.69) is 15.3 Å². The molecule has 2 aromatic carbocycles. The molecule has 9 heteroatoms. The van der Waals surface area contributed by atoms with Gasteiger partial charge in [0.2, 0.25) is 5.95 Å². The maximum Gasteiger partial charge on any atom is 0.256 e. The van der Waals surface area contributed by atoms with Crippen molar-refractivity contribution in [1.82, 2.24) is 14.5 Å². The molecule has 6 nitrogen and oxygen atoms in total. The number of hydrogen-bond donors (Lipinski definition) is 2. The summed E-state index contributed by atoms with van der Waals surface area (Å²) in [5.41, 5.74) is -0.701. The van der Waals surface area contributed by atoms with E-state index in [-0.39, 0.29) is 18.2 Å². The van der Waals surface area contributed by atoms with E-state index in [1.54, 1.807) is 20.8 Å². The van der Waals surface area contributed by atoms with Gasteiger partial charge in [-0.3, -0.25) is 9.36 Å². The summed E-state index contributed by atoms with van der Waals surface area (Å²) in [7, 11) is 0. The van der Waals surface area contributed by atoms with Crippen LogP contribution < -0.4 is 10.9 Å². The SMILES string of the molecule is Cc1cc(F)ccc1-c1nc(NC(C)(C)CO)nc2c1ccc(=O)n2-c1c(F)cccc1F. The lowest BCUT2D eigenvalue weighted by Crippen LogP contribution is -2.36. The van der Waals surface area contributed by atoms with Crippen molar-refractivity contribution in [2.45, 2.75) is 26.3 Å². The monoisotopic (exact) mass is 454 g/mol. The number of fused-ring (bicyclic) bond motifs is 1. The zero-order chi connectivity index (χ0) is 23.9. The Labute approximate surface area is 187 Å². The Morgan fingerprint density at radius 2 is 1.73 bits per heavy atom. The number of aryl methyl sites for hydroxylation is 1. The Hall–Kier alpha value is -3.72. The number of hydrogen-bond acceptors (Lipinski definition) is 5. The van der Waals surface area contributed by atoms with E-state index in [1.807, 2.05) is 0 Å². The molecule has 4 rings (SSSR count). The highest BCUT2D eigenvalue weighted by Gasteiger charge is 2.23. The molecule has 2 aromatic heterocycles. The van der Waals surface area contributed by atoms with Gasteiger partial charge in [-0.05, 0) is 62.7 Å². The van der Waals surface area contributed by atoms with E-state index in [1.165, 1.54) is 36.4 Å². The minimum Gasteiger partial charge on any atom is -0.394 e. The van der Waals surface area contributed by atoms with Gasteiger partial charge in [-0.25, -0.2) is 18.2 Å². The molecule has 2 heterocycles. The average Bonchev–Trinajstić information content (AvgIpc) is 2.74. The maximum absolute atomic E-state index is 14.7. The van der Waals surface area contributed by atoms with Crippen LogP contribution in [0.1, 0.15) is 19.4 Å². The van der Waals surface area contributed by atoms with Crippen molar-refractivity contribution in [1.29, 1.82) is 0 Å². The van der Waals surface area contributed by atoms with Crippen LogP contribution >= 0.6 is 0 Å². The molecule has 0 saturated heterocycles. The van der Waals surface area contributed by atoms with Crippen LogP contribution in [-0.4, -0.2) is 31.8 Å². The molecule has 0 aliphatic carbocycles. The Balaban J connectivity index is 2.13. The molecule has 0 bridgehead atoms. The summed E-state index contributed by atoms with van der Waals surface area (Å²) >= 11 is 0. The minimum atomic E-state index is -0.937. The maximum atomic E-state index is 14.7. The quantitative estimate of drug-likeness (QED) is 0.469. The van der Waals surface area contributed by atoms with Gasteiger partial charge < -0.3 is 10.4 Å². The van der Waals surface area contributed by atoms with E-state index < -0.39 is 34.2 Å². The second-order valence-corrected chi connectivity index (χ2v) is 8.34. The molecule has 0 aliphatic rings. The normalized spacial score (nSPS) is 11.7. The summed E-state index contributed by atoms with van der Waals surface area (Å²) in [6.45, 7) is 4.85. The lowest BCUT2D eigenvalue weighted by molar-refractivity contribution is 0.233. The van der Waals surface area contributed by atoms with Crippen LogP contribution in [0.2, 0.25) is 0 Å². The van der Waals surface area contributed by atoms with Crippen LogP contribution in [0.3, 0.4) is 0 Å². The molecule has 0 fully saturated rings. The van der Waals surface area contributed by atoms with E-state index in [0.717, 1.165) is 16.7 Å². The van der Waals surface area contributed by atoms with E-state index in [9.17, 15) is 23.1 Å². The molecule has 33 heavy (non-hydrogen) atoms. The third-order valence-corrected chi connectivity index (χ3v) is 5.20. The van der Waals surface area contributed by atoms with Gasteiger partial charge in [-0.15, -0.1) is 0 Å². The average molecular weight is 454 g/mol. The molecular weight excluding hydrogens is 433 g/mol. The van der Waals surface area contributed by atoms with Crippen LogP contribution in [0.25, 0.3) is 28.0 Å². The Morgan fingerprint density at radius 3 is 2.36 bits per heavy atom. The fraction of sp³-hybridized carbons (Fsp3) is 0.208. The number of nitrogens with zero attached hydrogens (tertiary/aromatic N) is 3. The molecule has 0 saturated carbocycles. The second kappa shape index (κ2) is 8.32. The Morgan fingerprint density at radius 1 is 1.03 bits per heavy atom. The lowest BCUT2D eigenvalue weighted by Gasteiger charge is -2.24. The van der Waals surface area contributed by atoms with Gasteiger partial charge in [0, 0.05) is 17.0 Å². The van der Waals surface area contributed by atoms with Crippen molar-refractivity contribution in [2.24, 2.45) is 0 Å². The molecule has 0 spiro atoms. The zero-order valence-electron chi connectivity index (χ0n) is 18.2. The van der Waals surface area contributed by atoms with Gasteiger partial charge in [-0.1, -0.05) is 6.07 Å². The second-order valence-electron chi connectivity index (χ2n) is 8.34. The van der Waals surface area contributed by atoms with Crippen LogP contribution in [0.15, 0.2) is 53.3 Å². The Bertz CT molecular complexity index is 1410. The van der Waals surface area contributed by atoms with E-state index in [4.69, 9.17) is 0 Å². The summed E-state index contributed by atoms with van der Waals surface area (Å²) in [5.74, 6) is -2.28. The first-order chi connectivity index (χ1) is 15.6. The summed E-state index contributed by atoms with van der Waals surface area (Å²) in [6, 6.07) is 10.1. The largest absolute Gasteiger partial charge is 0.394 e. The molecule has 170 valence electrons. The summed E-state index contributed by atoms with van der Waals surface area (Å²) in [4.78, 5) is 21.7. The van der Waals surface area contributed by atoms with Crippen molar-refractivity contribution in [2.75, 3.05) is 11.9 Å². The lowest BCUT2D eigenvalue weighted by atomic mass is 10.0. The van der Waals surface area contributed by atoms with Crippen molar-refractivity contribution < 1.29 is 18.3 Å². The smallest absolute Gasteiger partial charge is 0.256 e. The topological polar surface area (TPSA) is 80.0 Å². The van der Waals surface area contributed by atoms with E-state index in [0.29, 0.717) is 22.2 Å². The number of para-hydroxylation sites is 1. The van der Waals surface area contributed by atoms with Crippen molar-refractivity contribution in [3.63, 3.8) is 0 Å². The number of aliphatic hydroxyl groups excluding tert-OH is 1. The van der Waals surface area contributed by atoms with E-state index >= 15 is 0 Å². The summed E-state index contributed by atoms with van der Waals surface area (Å²) in [6.07, 6.45) is 0. The number of aliphatic hydroxyl groups is 1. The predicted molar refractivity (Wildman–Crippen MR) is 120 cm³/mol. The molecule has 4 aromatic rings. The van der Waals surface area contributed by atoms with Gasteiger partial charge >= 0.3 is 0 Å². The Kier molecular flexibility index (Phi) is 5.67. The zero-order valence-corrected chi connectivity index (χ0v) is 18.2. The van der Waals surface area contributed by atoms with Gasteiger partial charge in [0.1, 0.15) is 23.1 Å². The van der Waals surface area contributed by atoms with Crippen molar-refractivity contribution in [3.8, 4) is 16.9 Å². The van der Waals surface area contributed by atoms with Gasteiger partial charge in [0.05, 0.1) is 17.8 Å². The van der Waals surface area contributed by atoms with Crippen LogP contribution in [0.4, 0.5) is 19.1 Å². The predicted octanol–water partition coefficient (Wildman–Crippen LogP) is 4.36. The number of halogens is 3. The standard InChI is InChI=1S/C24H21F3N4O2/c1-13-11-14(25)7-8-15(13)20-16-9-10-19(33)31(21-17(26)5-4-6-18(21)27)22(16)29-23(28-20)30-24(2,3)12-32/h4-11,32H,12H2,1-3H3,(H,28,29,30). The molecule has 0 unspecified atom stereocenters. The third-order valence-electron chi connectivity index (χ3n) is 5.20. The number of benzene rings is 2. The summed E-state index contributed by atoms with van der Waals surface area (Å²) < 4.78 is 43.9. The van der Waals surface area contributed by atoms with Crippen molar-refractivity contribution in [3.05, 3.63) is 81.9 Å². The first-order valence-electron chi connectivity index (χ1n) is 10.1.